The van der Waals surface area contributed by atoms with E-state index in [0.717, 1.165) is 0 Å². The first-order valence-corrected chi connectivity index (χ1v) is 8.07. The Balaban J connectivity index is 2.05. The maximum absolute atomic E-state index is 12.3. The van der Waals surface area contributed by atoms with E-state index in [0.29, 0.717) is 11.3 Å². The largest absolute Gasteiger partial charge is 0.449 e. The Labute approximate surface area is 155 Å². The molecule has 1 N–H and O–H groups in total. The van der Waals surface area contributed by atoms with E-state index in [2.05, 4.69) is 5.32 Å². The minimum atomic E-state index is -1.12. The first-order chi connectivity index (χ1) is 12.7. The minimum Gasteiger partial charge on any atom is -0.449 e. The van der Waals surface area contributed by atoms with Gasteiger partial charge in [-0.05, 0) is 51.1 Å². The predicted octanol–water partition coefficient (Wildman–Crippen LogP) is 3.29. The third kappa shape index (κ3) is 4.75. The summed E-state index contributed by atoms with van der Waals surface area (Å²) in [6, 6.07) is 10.3. The third-order valence-electron chi connectivity index (χ3n) is 3.93. The highest BCUT2D eigenvalue weighted by molar-refractivity contribution is 5.99. The summed E-state index contributed by atoms with van der Waals surface area (Å²) in [4.78, 5) is 46.1. The number of benzene rings is 2. The Morgan fingerprint density at radius 2 is 1.74 bits per heavy atom. The Kier molecular flexibility index (Phi) is 6.02. The van der Waals surface area contributed by atoms with Crippen LogP contribution in [0.3, 0.4) is 0 Å². The number of nitro benzene ring substituents is 1. The van der Waals surface area contributed by atoms with Gasteiger partial charge < -0.3 is 10.1 Å². The summed E-state index contributed by atoms with van der Waals surface area (Å²) in [6.45, 7) is 4.27. The zero-order valence-electron chi connectivity index (χ0n) is 15.0. The number of esters is 1. The fourth-order valence-corrected chi connectivity index (χ4v) is 2.35. The summed E-state index contributed by atoms with van der Waals surface area (Å²) < 4.78 is 5.12. The average Bonchev–Trinajstić information content (AvgIpc) is 2.61. The number of ether oxygens (including phenoxy) is 1. The van der Waals surface area contributed by atoms with Gasteiger partial charge in [-0.1, -0.05) is 6.07 Å². The molecule has 0 aromatic heterocycles. The van der Waals surface area contributed by atoms with Gasteiger partial charge in [0, 0.05) is 22.9 Å². The summed E-state index contributed by atoms with van der Waals surface area (Å²) in [7, 11) is 0. The van der Waals surface area contributed by atoms with Crippen molar-refractivity contribution in [3.8, 4) is 0 Å². The molecule has 27 heavy (non-hydrogen) atoms. The number of rotatable bonds is 6. The summed E-state index contributed by atoms with van der Waals surface area (Å²) in [5.41, 5.74) is 0.940. The number of carbonyl (C=O) groups is 3. The van der Waals surface area contributed by atoms with Crippen LogP contribution in [0.25, 0.3) is 0 Å². The molecule has 8 heteroatoms. The second-order valence-corrected chi connectivity index (χ2v) is 5.88. The molecule has 0 bridgehead atoms. The van der Waals surface area contributed by atoms with Crippen molar-refractivity contribution in [2.45, 2.75) is 26.9 Å². The molecule has 0 aliphatic rings. The Morgan fingerprint density at radius 3 is 2.30 bits per heavy atom. The van der Waals surface area contributed by atoms with Crippen LogP contribution in [-0.4, -0.2) is 28.7 Å². The first-order valence-electron chi connectivity index (χ1n) is 8.07. The number of hydrogen-bond donors (Lipinski definition) is 1. The summed E-state index contributed by atoms with van der Waals surface area (Å²) >= 11 is 0. The van der Waals surface area contributed by atoms with Crippen molar-refractivity contribution in [1.82, 2.24) is 0 Å². The number of amides is 1. The lowest BCUT2D eigenvalue weighted by Gasteiger charge is -2.14. The van der Waals surface area contributed by atoms with Crippen molar-refractivity contribution in [2.75, 3.05) is 5.32 Å². The lowest BCUT2D eigenvalue weighted by Crippen LogP contribution is -2.30. The summed E-state index contributed by atoms with van der Waals surface area (Å²) in [5, 5.41) is 13.5. The zero-order chi connectivity index (χ0) is 20.1. The Morgan fingerprint density at radius 1 is 1.11 bits per heavy atom. The van der Waals surface area contributed by atoms with Crippen molar-refractivity contribution < 1.29 is 24.0 Å². The van der Waals surface area contributed by atoms with E-state index in [1.54, 1.807) is 24.3 Å². The molecule has 2 rings (SSSR count). The number of Topliss-reactive ketones (excluding diaryl/α,β-unsaturated/α-hetero) is 1. The second kappa shape index (κ2) is 8.22. The summed E-state index contributed by atoms with van der Waals surface area (Å²) in [5.74, 6) is -1.49. The van der Waals surface area contributed by atoms with E-state index in [1.165, 1.54) is 39.0 Å². The van der Waals surface area contributed by atoms with E-state index >= 15 is 0 Å². The van der Waals surface area contributed by atoms with Gasteiger partial charge >= 0.3 is 5.97 Å². The molecule has 2 aromatic carbocycles. The van der Waals surface area contributed by atoms with E-state index in [-0.39, 0.29) is 22.6 Å². The Hall–Kier alpha value is -3.55. The first kappa shape index (κ1) is 19.8. The van der Waals surface area contributed by atoms with Gasteiger partial charge in [0.25, 0.3) is 11.6 Å². The monoisotopic (exact) mass is 370 g/mol. The smallest absolute Gasteiger partial charge is 0.339 e. The molecule has 0 unspecified atom stereocenters. The molecule has 140 valence electrons. The van der Waals surface area contributed by atoms with Crippen molar-refractivity contribution in [3.63, 3.8) is 0 Å². The molecule has 0 heterocycles. The van der Waals surface area contributed by atoms with Gasteiger partial charge in [-0.3, -0.25) is 19.7 Å². The zero-order valence-corrected chi connectivity index (χ0v) is 15.0. The SMILES string of the molecule is CC(=O)c1ccc(NC(=O)[C@H](C)OC(=O)c2cccc([N+](=O)[O-])c2C)cc1. The van der Waals surface area contributed by atoms with Gasteiger partial charge in [0.15, 0.2) is 11.9 Å². The van der Waals surface area contributed by atoms with Crippen LogP contribution in [0.15, 0.2) is 42.5 Å². The van der Waals surface area contributed by atoms with Crippen molar-refractivity contribution in [3.05, 3.63) is 69.3 Å². The van der Waals surface area contributed by atoms with Crippen molar-refractivity contribution in [1.29, 1.82) is 0 Å². The molecule has 2 aromatic rings. The fourth-order valence-electron chi connectivity index (χ4n) is 2.35. The van der Waals surface area contributed by atoms with Crippen LogP contribution in [0.1, 0.15) is 40.1 Å². The molecule has 1 amide bonds. The van der Waals surface area contributed by atoms with Gasteiger partial charge in [-0.2, -0.15) is 0 Å². The topological polar surface area (TPSA) is 116 Å². The molecule has 0 spiro atoms. The van der Waals surface area contributed by atoms with Gasteiger partial charge in [-0.15, -0.1) is 0 Å². The average molecular weight is 370 g/mol. The van der Waals surface area contributed by atoms with Crippen molar-refractivity contribution in [2.24, 2.45) is 0 Å². The van der Waals surface area contributed by atoms with Crippen molar-refractivity contribution >= 4 is 29.0 Å². The lowest BCUT2D eigenvalue weighted by atomic mass is 10.1. The molecule has 0 aliphatic heterocycles. The number of ketones is 1. The van der Waals surface area contributed by atoms with Gasteiger partial charge in [-0.25, -0.2) is 4.79 Å². The van der Waals surface area contributed by atoms with E-state index in [9.17, 15) is 24.5 Å². The fraction of sp³-hybridized carbons (Fsp3) is 0.211. The highest BCUT2D eigenvalue weighted by Gasteiger charge is 2.23. The number of nitrogens with zero attached hydrogens (tertiary/aromatic N) is 1. The highest BCUT2D eigenvalue weighted by Crippen LogP contribution is 2.22. The van der Waals surface area contributed by atoms with Crippen LogP contribution in [0.5, 0.6) is 0 Å². The standard InChI is InChI=1S/C19H18N2O6/c1-11-16(5-4-6-17(11)21(25)26)19(24)27-13(3)18(23)20-15-9-7-14(8-10-15)12(2)22/h4-10,13H,1-3H3,(H,20,23)/t13-/m0/s1. The van der Waals surface area contributed by atoms with Crippen LogP contribution >= 0.6 is 0 Å². The quantitative estimate of drug-likeness (QED) is 0.361. The number of anilines is 1. The Bertz CT molecular complexity index is 905. The number of carbonyl (C=O) groups excluding carboxylic acids is 3. The predicted molar refractivity (Wildman–Crippen MR) is 97.8 cm³/mol. The van der Waals surface area contributed by atoms with E-state index in [1.807, 2.05) is 0 Å². The molecule has 8 nitrogen and oxygen atoms in total. The van der Waals surface area contributed by atoms with E-state index in [4.69, 9.17) is 4.74 Å². The van der Waals surface area contributed by atoms with Crippen LogP contribution in [0.4, 0.5) is 11.4 Å². The molecule has 0 radical (unpaired) electrons. The highest BCUT2D eigenvalue weighted by atomic mass is 16.6. The third-order valence-corrected chi connectivity index (χ3v) is 3.93. The molecular formula is C19H18N2O6. The van der Waals surface area contributed by atoms with Gasteiger partial charge in [0.1, 0.15) is 0 Å². The number of hydrogen-bond acceptors (Lipinski definition) is 6. The second-order valence-electron chi connectivity index (χ2n) is 5.88. The molecule has 0 saturated heterocycles. The molecule has 0 fully saturated rings. The summed E-state index contributed by atoms with van der Waals surface area (Å²) in [6.07, 6.45) is -1.12. The van der Waals surface area contributed by atoms with Gasteiger partial charge in [0.05, 0.1) is 10.5 Å². The van der Waals surface area contributed by atoms with E-state index < -0.39 is 22.9 Å². The molecule has 1 atom stereocenters. The van der Waals surface area contributed by atoms with Crippen LogP contribution < -0.4 is 5.32 Å². The maximum atomic E-state index is 12.3. The van der Waals surface area contributed by atoms with Crippen LogP contribution in [-0.2, 0) is 9.53 Å². The normalized spacial score (nSPS) is 11.4. The molecule has 0 saturated carbocycles. The lowest BCUT2D eigenvalue weighted by molar-refractivity contribution is -0.385. The minimum absolute atomic E-state index is 0.0228. The van der Waals surface area contributed by atoms with Crippen LogP contribution in [0, 0.1) is 17.0 Å². The molecule has 0 aliphatic carbocycles. The maximum Gasteiger partial charge on any atom is 0.339 e. The number of nitro groups is 1. The number of nitrogens with one attached hydrogen (secondary N) is 1. The van der Waals surface area contributed by atoms with Crippen LogP contribution in [0.2, 0.25) is 0 Å². The van der Waals surface area contributed by atoms with Gasteiger partial charge in [0.2, 0.25) is 0 Å². The molecular weight excluding hydrogens is 352 g/mol.